The molecule has 1 rings (SSSR count). The highest BCUT2D eigenvalue weighted by Crippen LogP contribution is 2.60. The van der Waals surface area contributed by atoms with Crippen LogP contribution in [0.1, 0.15) is 23.7 Å². The van der Waals surface area contributed by atoms with Crippen molar-refractivity contribution in [2.24, 2.45) is 0 Å². The molecule has 0 aliphatic heterocycles. The third-order valence-corrected chi connectivity index (χ3v) is 4.09. The van der Waals surface area contributed by atoms with E-state index in [1.54, 1.807) is 0 Å². The number of benzene rings is 1. The molecule has 19 heavy (non-hydrogen) atoms. The molecule has 0 saturated heterocycles. The minimum atomic E-state index is -5.61. The quantitative estimate of drug-likeness (QED) is 0.558. The first-order chi connectivity index (χ1) is 8.61. The van der Waals surface area contributed by atoms with Crippen molar-refractivity contribution in [2.75, 3.05) is 0 Å². The Bertz CT molecular complexity index is 529. The number of rotatable bonds is 5. The van der Waals surface area contributed by atoms with E-state index in [1.165, 1.54) is 18.2 Å². The van der Waals surface area contributed by atoms with E-state index in [9.17, 15) is 18.5 Å². The topological polar surface area (TPSA) is 77.8 Å². The highest BCUT2D eigenvalue weighted by atomic mass is 79.9. The lowest BCUT2D eigenvalue weighted by Gasteiger charge is -2.20. The highest BCUT2D eigenvalue weighted by Gasteiger charge is 2.51. The predicted octanol–water partition coefficient (Wildman–Crippen LogP) is 3.29. The van der Waals surface area contributed by atoms with E-state index in [0.29, 0.717) is 5.56 Å². The lowest BCUT2D eigenvalue weighted by Crippen LogP contribution is -2.14. The summed E-state index contributed by atoms with van der Waals surface area (Å²) >= 11 is 2.83. The summed E-state index contributed by atoms with van der Waals surface area (Å²) in [5.41, 5.74) is -4.76. The van der Waals surface area contributed by atoms with Gasteiger partial charge in [-0.3, -0.25) is 4.57 Å². The molecule has 0 heterocycles. The van der Waals surface area contributed by atoms with Gasteiger partial charge in [0.05, 0.1) is 6.10 Å². The van der Waals surface area contributed by atoms with Crippen LogP contribution in [0.25, 0.3) is 0 Å². The molecule has 0 bridgehead atoms. The Morgan fingerprint density at radius 1 is 1.47 bits per heavy atom. The summed E-state index contributed by atoms with van der Waals surface area (Å²) in [6.07, 6.45) is 0.795. The van der Waals surface area contributed by atoms with E-state index in [0.717, 1.165) is 6.07 Å². The molecule has 106 valence electrons. The summed E-state index contributed by atoms with van der Waals surface area (Å²) in [5, 5.41) is 9.67. The Morgan fingerprint density at radius 2 is 2.05 bits per heavy atom. The van der Waals surface area contributed by atoms with Crippen LogP contribution in [0.5, 0.6) is 0 Å². The van der Waals surface area contributed by atoms with E-state index in [-0.39, 0.29) is 10.9 Å². The Morgan fingerprint density at radius 3 is 2.47 bits per heavy atom. The van der Waals surface area contributed by atoms with E-state index in [4.69, 9.17) is 9.79 Å². The fourth-order valence-electron chi connectivity index (χ4n) is 1.43. The second-order valence-electron chi connectivity index (χ2n) is 3.86. The lowest BCUT2D eigenvalue weighted by atomic mass is 10.0. The summed E-state index contributed by atoms with van der Waals surface area (Å²) < 4.78 is 37.7. The molecule has 1 atom stereocenters. The molecular weight excluding hydrogens is 345 g/mol. The standard InChI is InChI=1S/C11H12BrF2O4P/c1-2-3-10(15)7-4-5-8(9(12)6-7)11(13,14)19(16,17)18/h2,4-6,10,15H,1,3H2,(H2,16,17,18). The monoisotopic (exact) mass is 356 g/mol. The van der Waals surface area contributed by atoms with E-state index in [1.807, 2.05) is 0 Å². The average molecular weight is 357 g/mol. The normalized spacial score (nSPS) is 14.2. The van der Waals surface area contributed by atoms with Gasteiger partial charge in [0.15, 0.2) is 0 Å². The van der Waals surface area contributed by atoms with Gasteiger partial charge in [-0.2, -0.15) is 8.78 Å². The van der Waals surface area contributed by atoms with Gasteiger partial charge in [0.25, 0.3) is 0 Å². The van der Waals surface area contributed by atoms with Crippen molar-refractivity contribution in [1.29, 1.82) is 0 Å². The van der Waals surface area contributed by atoms with Gasteiger partial charge in [-0.1, -0.05) is 34.1 Å². The number of hydrogen-bond acceptors (Lipinski definition) is 2. The fourth-order valence-corrected chi connectivity index (χ4v) is 2.74. The van der Waals surface area contributed by atoms with Gasteiger partial charge >= 0.3 is 13.3 Å². The number of aliphatic hydroxyl groups is 1. The Labute approximate surface area is 117 Å². The second-order valence-corrected chi connectivity index (χ2v) is 6.37. The zero-order valence-corrected chi connectivity index (χ0v) is 12.1. The Hall–Kier alpha value is -0.590. The number of hydrogen-bond donors (Lipinski definition) is 3. The molecule has 8 heteroatoms. The maximum Gasteiger partial charge on any atom is 0.399 e. The van der Waals surface area contributed by atoms with Crippen molar-refractivity contribution in [1.82, 2.24) is 0 Å². The lowest BCUT2D eigenvalue weighted by molar-refractivity contribution is 0.0556. The molecule has 1 aromatic carbocycles. The van der Waals surface area contributed by atoms with Crippen LogP contribution in [-0.2, 0) is 10.2 Å². The van der Waals surface area contributed by atoms with Gasteiger partial charge in [-0.25, -0.2) is 0 Å². The second kappa shape index (κ2) is 5.81. The molecule has 0 aliphatic carbocycles. The zero-order chi connectivity index (χ0) is 14.8. The van der Waals surface area contributed by atoms with Crippen molar-refractivity contribution in [3.8, 4) is 0 Å². The molecule has 3 N–H and O–H groups in total. The molecule has 0 spiro atoms. The maximum atomic E-state index is 13.5. The summed E-state index contributed by atoms with van der Waals surface area (Å²) in [5.74, 6) is 0. The molecule has 4 nitrogen and oxygen atoms in total. The number of halogens is 3. The molecule has 0 amide bonds. The molecule has 0 saturated carbocycles. The number of alkyl halides is 2. The summed E-state index contributed by atoms with van der Waals surface area (Å²) in [7, 11) is -5.61. The van der Waals surface area contributed by atoms with Crippen LogP contribution in [0, 0.1) is 0 Å². The fraction of sp³-hybridized carbons (Fsp3) is 0.273. The first-order valence-corrected chi connectivity index (χ1v) is 7.54. The molecular formula is C11H12BrF2O4P. The summed E-state index contributed by atoms with van der Waals surface area (Å²) in [6.45, 7) is 3.44. The van der Waals surface area contributed by atoms with Crippen molar-refractivity contribution < 1.29 is 28.2 Å². The van der Waals surface area contributed by atoms with E-state index >= 15 is 0 Å². The van der Waals surface area contributed by atoms with Crippen LogP contribution in [-0.4, -0.2) is 14.9 Å². The first-order valence-electron chi connectivity index (χ1n) is 5.13. The van der Waals surface area contributed by atoms with Crippen molar-refractivity contribution >= 4 is 23.5 Å². The predicted molar refractivity (Wildman–Crippen MR) is 69.9 cm³/mol. The zero-order valence-electron chi connectivity index (χ0n) is 9.63. The smallest absolute Gasteiger partial charge is 0.388 e. The summed E-state index contributed by atoms with van der Waals surface area (Å²) in [6, 6.07) is 3.27. The van der Waals surface area contributed by atoms with Crippen molar-refractivity contribution in [2.45, 2.75) is 18.2 Å². The highest BCUT2D eigenvalue weighted by molar-refractivity contribution is 9.10. The minimum absolute atomic E-state index is 0.179. The van der Waals surface area contributed by atoms with Gasteiger partial charge in [-0.05, 0) is 18.1 Å². The third kappa shape index (κ3) is 3.49. The largest absolute Gasteiger partial charge is 0.399 e. The van der Waals surface area contributed by atoms with Crippen molar-refractivity contribution in [3.63, 3.8) is 0 Å². The van der Waals surface area contributed by atoms with Crippen LogP contribution in [0.15, 0.2) is 35.3 Å². The van der Waals surface area contributed by atoms with E-state index < -0.39 is 24.9 Å². The SMILES string of the molecule is C=CCC(O)c1ccc(C(F)(F)P(=O)(O)O)c(Br)c1. The van der Waals surface area contributed by atoms with Gasteiger partial charge < -0.3 is 14.9 Å². The van der Waals surface area contributed by atoms with Gasteiger partial charge in [0.1, 0.15) is 0 Å². The Balaban J connectivity index is 3.21. The van der Waals surface area contributed by atoms with E-state index in [2.05, 4.69) is 22.5 Å². The molecule has 1 unspecified atom stereocenters. The molecule has 0 fully saturated rings. The third-order valence-electron chi connectivity index (χ3n) is 2.46. The van der Waals surface area contributed by atoms with Crippen LogP contribution < -0.4 is 0 Å². The van der Waals surface area contributed by atoms with Gasteiger partial charge in [0, 0.05) is 10.0 Å². The van der Waals surface area contributed by atoms with Gasteiger partial charge in [-0.15, -0.1) is 6.58 Å². The van der Waals surface area contributed by atoms with Crippen LogP contribution in [0.4, 0.5) is 8.78 Å². The summed E-state index contributed by atoms with van der Waals surface area (Å²) in [4.78, 5) is 17.3. The van der Waals surface area contributed by atoms with Crippen LogP contribution >= 0.6 is 23.5 Å². The molecule has 0 aliphatic rings. The average Bonchev–Trinajstić information content (AvgIpc) is 2.27. The first kappa shape index (κ1) is 16.5. The van der Waals surface area contributed by atoms with Crippen molar-refractivity contribution in [3.05, 3.63) is 46.5 Å². The molecule has 1 aromatic rings. The maximum absolute atomic E-state index is 13.5. The van der Waals surface area contributed by atoms with Gasteiger partial charge in [0.2, 0.25) is 0 Å². The number of aliphatic hydroxyl groups excluding tert-OH is 1. The minimum Gasteiger partial charge on any atom is -0.388 e. The van der Waals surface area contributed by atoms with Crippen LogP contribution in [0.3, 0.4) is 0 Å². The van der Waals surface area contributed by atoms with Crippen LogP contribution in [0.2, 0.25) is 0 Å². The molecule has 0 radical (unpaired) electrons. The molecule has 0 aromatic heterocycles. The Kier molecular flexibility index (Phi) is 5.03.